The summed E-state index contributed by atoms with van der Waals surface area (Å²) in [5.74, 6) is -0.0230. The number of pyridine rings is 1. The summed E-state index contributed by atoms with van der Waals surface area (Å²) < 4.78 is 0. The molecule has 1 rings (SSSR count). The zero-order valence-corrected chi connectivity index (χ0v) is 10.1. The zero-order chi connectivity index (χ0) is 12.0. The van der Waals surface area contributed by atoms with Gasteiger partial charge in [0.25, 0.3) is 0 Å². The predicted molar refractivity (Wildman–Crippen MR) is 64.9 cm³/mol. The van der Waals surface area contributed by atoms with Crippen LogP contribution in [0, 0.1) is 6.92 Å². The van der Waals surface area contributed by atoms with E-state index in [1.54, 1.807) is 0 Å². The number of nitrogens with zero attached hydrogens (tertiary/aromatic N) is 1. The molecule has 16 heavy (non-hydrogen) atoms. The van der Waals surface area contributed by atoms with Gasteiger partial charge in [0.05, 0.1) is 12.2 Å². The van der Waals surface area contributed by atoms with Gasteiger partial charge in [0.2, 0.25) is 5.91 Å². The molecular formula is C13H18N2O. The highest BCUT2D eigenvalue weighted by Gasteiger charge is 2.03. The maximum absolute atomic E-state index is 11.6. The predicted octanol–water partition coefficient (Wildman–Crippen LogP) is 2.36. The highest BCUT2D eigenvalue weighted by atomic mass is 16.1. The summed E-state index contributed by atoms with van der Waals surface area (Å²) in [5, 5.41) is 2.84. The van der Waals surface area contributed by atoms with Crippen LogP contribution in [0.15, 0.2) is 29.8 Å². The molecule has 0 aliphatic rings. The fourth-order valence-corrected chi connectivity index (χ4v) is 1.41. The Balaban J connectivity index is 2.52. The van der Waals surface area contributed by atoms with Crippen LogP contribution >= 0.6 is 0 Å². The van der Waals surface area contributed by atoms with Crippen molar-refractivity contribution in [2.45, 2.75) is 33.7 Å². The van der Waals surface area contributed by atoms with E-state index >= 15 is 0 Å². The molecule has 0 aliphatic carbocycles. The standard InChI is InChI=1S/C13H18N2O/c1-4-6-10(2)13(16)14-9-12-8-5-7-11(3)15-12/h5-8H,4,9H2,1-3H3,(H,14,16)/b10-6-. The average Bonchev–Trinajstić information content (AvgIpc) is 2.26. The Hall–Kier alpha value is -1.64. The number of nitrogens with one attached hydrogen (secondary N) is 1. The second kappa shape index (κ2) is 6.05. The van der Waals surface area contributed by atoms with Gasteiger partial charge >= 0.3 is 0 Å². The molecule has 0 unspecified atom stereocenters. The molecule has 0 bridgehead atoms. The maximum Gasteiger partial charge on any atom is 0.246 e. The first kappa shape index (κ1) is 12.4. The zero-order valence-electron chi connectivity index (χ0n) is 10.1. The Morgan fingerprint density at radius 3 is 2.88 bits per heavy atom. The van der Waals surface area contributed by atoms with Crippen molar-refractivity contribution in [3.05, 3.63) is 41.2 Å². The van der Waals surface area contributed by atoms with Crippen LogP contribution in [-0.4, -0.2) is 10.9 Å². The van der Waals surface area contributed by atoms with Gasteiger partial charge in [-0.15, -0.1) is 0 Å². The lowest BCUT2D eigenvalue weighted by molar-refractivity contribution is -0.117. The van der Waals surface area contributed by atoms with Crippen molar-refractivity contribution in [2.75, 3.05) is 0 Å². The molecule has 1 heterocycles. The van der Waals surface area contributed by atoms with Crippen LogP contribution in [0.5, 0.6) is 0 Å². The molecule has 0 saturated carbocycles. The van der Waals surface area contributed by atoms with Crippen LogP contribution in [0.3, 0.4) is 0 Å². The van der Waals surface area contributed by atoms with E-state index in [1.807, 2.05) is 45.0 Å². The maximum atomic E-state index is 11.6. The monoisotopic (exact) mass is 218 g/mol. The third-order valence-corrected chi connectivity index (χ3v) is 2.24. The molecule has 1 aromatic rings. The third kappa shape index (κ3) is 3.85. The summed E-state index contributed by atoms with van der Waals surface area (Å²) in [6, 6.07) is 5.79. The van der Waals surface area contributed by atoms with Crippen LogP contribution in [0.1, 0.15) is 31.7 Å². The number of allylic oxidation sites excluding steroid dienone is 1. The molecule has 0 saturated heterocycles. The quantitative estimate of drug-likeness (QED) is 0.788. The average molecular weight is 218 g/mol. The summed E-state index contributed by atoms with van der Waals surface area (Å²) in [5.41, 5.74) is 2.61. The molecule has 0 atom stereocenters. The largest absolute Gasteiger partial charge is 0.347 e. The van der Waals surface area contributed by atoms with Crippen molar-refractivity contribution in [2.24, 2.45) is 0 Å². The SMILES string of the molecule is CC/C=C(/C)C(=O)NCc1cccc(C)n1. The Bertz CT molecular complexity index is 397. The molecule has 3 nitrogen and oxygen atoms in total. The minimum atomic E-state index is -0.0230. The lowest BCUT2D eigenvalue weighted by Crippen LogP contribution is -2.24. The molecule has 86 valence electrons. The molecule has 0 radical (unpaired) electrons. The van der Waals surface area contributed by atoms with Crippen molar-refractivity contribution >= 4 is 5.91 Å². The van der Waals surface area contributed by atoms with Crippen molar-refractivity contribution in [3.63, 3.8) is 0 Å². The van der Waals surface area contributed by atoms with Gasteiger partial charge in [-0.3, -0.25) is 9.78 Å². The van der Waals surface area contributed by atoms with E-state index in [0.717, 1.165) is 23.4 Å². The van der Waals surface area contributed by atoms with Gasteiger partial charge in [-0.2, -0.15) is 0 Å². The van der Waals surface area contributed by atoms with Crippen molar-refractivity contribution in [1.82, 2.24) is 10.3 Å². The molecular weight excluding hydrogens is 200 g/mol. The molecule has 0 spiro atoms. The second-order valence-electron chi connectivity index (χ2n) is 3.75. The first-order valence-corrected chi connectivity index (χ1v) is 5.51. The van der Waals surface area contributed by atoms with Crippen LogP contribution in [0.2, 0.25) is 0 Å². The van der Waals surface area contributed by atoms with Gasteiger partial charge in [0.1, 0.15) is 0 Å². The minimum absolute atomic E-state index is 0.0230. The molecule has 0 aliphatic heterocycles. The van der Waals surface area contributed by atoms with Gasteiger partial charge in [-0.25, -0.2) is 0 Å². The summed E-state index contributed by atoms with van der Waals surface area (Å²) in [6.45, 7) is 6.25. The topological polar surface area (TPSA) is 42.0 Å². The van der Waals surface area contributed by atoms with E-state index in [2.05, 4.69) is 10.3 Å². The van der Waals surface area contributed by atoms with Gasteiger partial charge in [-0.05, 0) is 32.4 Å². The van der Waals surface area contributed by atoms with Gasteiger partial charge < -0.3 is 5.32 Å². The van der Waals surface area contributed by atoms with Gasteiger partial charge in [0, 0.05) is 11.3 Å². The molecule has 3 heteroatoms. The number of rotatable bonds is 4. The van der Waals surface area contributed by atoms with Crippen molar-refractivity contribution in [1.29, 1.82) is 0 Å². The van der Waals surface area contributed by atoms with Gasteiger partial charge in [-0.1, -0.05) is 19.1 Å². The number of aryl methyl sites for hydroxylation is 1. The lowest BCUT2D eigenvalue weighted by atomic mass is 10.2. The van der Waals surface area contributed by atoms with Crippen LogP contribution in [0.4, 0.5) is 0 Å². The van der Waals surface area contributed by atoms with E-state index in [-0.39, 0.29) is 5.91 Å². The fourth-order valence-electron chi connectivity index (χ4n) is 1.41. The number of hydrogen-bond acceptors (Lipinski definition) is 2. The summed E-state index contributed by atoms with van der Waals surface area (Å²) in [7, 11) is 0. The molecule has 1 N–H and O–H groups in total. The molecule has 1 amide bonds. The number of hydrogen-bond donors (Lipinski definition) is 1. The lowest BCUT2D eigenvalue weighted by Gasteiger charge is -2.05. The van der Waals surface area contributed by atoms with Crippen molar-refractivity contribution < 1.29 is 4.79 Å². The number of amides is 1. The smallest absolute Gasteiger partial charge is 0.246 e. The highest BCUT2D eigenvalue weighted by molar-refractivity contribution is 5.92. The van der Waals surface area contributed by atoms with E-state index < -0.39 is 0 Å². The molecule has 0 fully saturated rings. The number of aromatic nitrogens is 1. The summed E-state index contributed by atoms with van der Waals surface area (Å²) >= 11 is 0. The van der Waals surface area contributed by atoms with Gasteiger partial charge in [0.15, 0.2) is 0 Å². The Morgan fingerprint density at radius 2 is 2.25 bits per heavy atom. The highest BCUT2D eigenvalue weighted by Crippen LogP contribution is 1.99. The van der Waals surface area contributed by atoms with E-state index in [1.165, 1.54) is 0 Å². The normalized spacial score (nSPS) is 11.3. The first-order chi connectivity index (χ1) is 7.63. The summed E-state index contributed by atoms with van der Waals surface area (Å²) in [4.78, 5) is 15.9. The first-order valence-electron chi connectivity index (χ1n) is 5.51. The number of carbonyl (C=O) groups is 1. The Morgan fingerprint density at radius 1 is 1.50 bits per heavy atom. The molecule has 1 aromatic heterocycles. The summed E-state index contributed by atoms with van der Waals surface area (Å²) in [6.07, 6.45) is 2.79. The van der Waals surface area contributed by atoms with Crippen LogP contribution < -0.4 is 5.32 Å². The van der Waals surface area contributed by atoms with E-state index in [9.17, 15) is 4.79 Å². The Labute approximate surface area is 96.6 Å². The third-order valence-electron chi connectivity index (χ3n) is 2.24. The van der Waals surface area contributed by atoms with Crippen LogP contribution in [-0.2, 0) is 11.3 Å². The van der Waals surface area contributed by atoms with E-state index in [0.29, 0.717) is 6.54 Å². The minimum Gasteiger partial charge on any atom is -0.347 e. The fraction of sp³-hybridized carbons (Fsp3) is 0.385. The number of carbonyl (C=O) groups excluding carboxylic acids is 1. The Kier molecular flexibility index (Phi) is 4.70. The second-order valence-corrected chi connectivity index (χ2v) is 3.75. The molecule has 0 aromatic carbocycles. The van der Waals surface area contributed by atoms with Crippen molar-refractivity contribution in [3.8, 4) is 0 Å². The van der Waals surface area contributed by atoms with E-state index in [4.69, 9.17) is 0 Å². The van der Waals surface area contributed by atoms with Crippen LogP contribution in [0.25, 0.3) is 0 Å².